The van der Waals surface area contributed by atoms with Crippen LogP contribution in [0.25, 0.3) is 16.8 Å². The van der Waals surface area contributed by atoms with E-state index in [0.29, 0.717) is 6.61 Å². The smallest absolute Gasteiger partial charge is 0.121 e. The maximum atomic E-state index is 5.95. The fourth-order valence-electron chi connectivity index (χ4n) is 2.47. The third-order valence-corrected chi connectivity index (χ3v) is 4.92. The zero-order valence-electron chi connectivity index (χ0n) is 13.9. The summed E-state index contributed by atoms with van der Waals surface area (Å²) in [5.41, 5.74) is 10.0. The van der Waals surface area contributed by atoms with E-state index < -0.39 is 0 Å². The van der Waals surface area contributed by atoms with Gasteiger partial charge >= 0.3 is 0 Å². The maximum Gasteiger partial charge on any atom is 0.121 e. The number of rotatable bonds is 6. The van der Waals surface area contributed by atoms with Crippen molar-refractivity contribution in [2.24, 2.45) is 5.73 Å². The highest BCUT2D eigenvalue weighted by Crippen LogP contribution is 2.28. The molecule has 3 aromatic rings. The van der Waals surface area contributed by atoms with Crippen LogP contribution in [0.4, 0.5) is 0 Å². The van der Waals surface area contributed by atoms with Crippen molar-refractivity contribution < 1.29 is 4.74 Å². The van der Waals surface area contributed by atoms with Crippen LogP contribution in [0.1, 0.15) is 17.5 Å². The molecule has 5 heteroatoms. The Balaban J connectivity index is 1.76. The zero-order valence-corrected chi connectivity index (χ0v) is 15.5. The monoisotopic (exact) mass is 370 g/mol. The molecule has 1 heterocycles. The molecule has 0 saturated heterocycles. The predicted molar refractivity (Wildman–Crippen MR) is 106 cm³/mol. The second kappa shape index (κ2) is 8.19. The zero-order chi connectivity index (χ0) is 17.6. The minimum absolute atomic E-state index is 0.667. The summed E-state index contributed by atoms with van der Waals surface area (Å²) in [5, 5.41) is 3.69. The van der Waals surface area contributed by atoms with Crippen LogP contribution in [-0.4, -0.2) is 11.6 Å². The second-order valence-corrected chi connectivity index (χ2v) is 6.78. The largest absolute Gasteiger partial charge is 0.494 e. The van der Waals surface area contributed by atoms with Gasteiger partial charge in [0.15, 0.2) is 0 Å². The third-order valence-electron chi connectivity index (χ3n) is 3.75. The molecule has 0 aliphatic heterocycles. The molecule has 1 aromatic heterocycles. The van der Waals surface area contributed by atoms with Crippen molar-refractivity contribution in [1.82, 2.24) is 4.98 Å². The molecule has 2 N–H and O–H groups in total. The third kappa shape index (κ3) is 4.41. The van der Waals surface area contributed by atoms with E-state index in [1.807, 2.05) is 48.7 Å². The van der Waals surface area contributed by atoms with Crippen molar-refractivity contribution in [3.63, 3.8) is 0 Å². The molecule has 0 aliphatic rings. The molecule has 0 bridgehead atoms. The van der Waals surface area contributed by atoms with Gasteiger partial charge in [-0.1, -0.05) is 35.9 Å². The molecule has 128 valence electrons. The van der Waals surface area contributed by atoms with Crippen LogP contribution < -0.4 is 10.5 Å². The van der Waals surface area contributed by atoms with Gasteiger partial charge in [0.25, 0.3) is 0 Å². The summed E-state index contributed by atoms with van der Waals surface area (Å²) in [6.07, 6.45) is 2.37. The first-order valence-corrected chi connectivity index (χ1v) is 9.29. The topological polar surface area (TPSA) is 48.1 Å². The molecule has 0 spiro atoms. The van der Waals surface area contributed by atoms with Crippen LogP contribution in [0.15, 0.2) is 60.1 Å². The number of hydrogen-bond acceptors (Lipinski definition) is 4. The van der Waals surface area contributed by atoms with Gasteiger partial charge in [-0.15, -0.1) is 11.3 Å². The summed E-state index contributed by atoms with van der Waals surface area (Å²) in [6.45, 7) is 2.64. The van der Waals surface area contributed by atoms with Crippen molar-refractivity contribution >= 4 is 28.5 Å². The molecule has 0 aliphatic carbocycles. The summed E-state index contributed by atoms with van der Waals surface area (Å²) >= 11 is 7.54. The van der Waals surface area contributed by atoms with Gasteiger partial charge in [0, 0.05) is 34.2 Å². The summed E-state index contributed by atoms with van der Waals surface area (Å²) in [4.78, 5) is 4.73. The molecule has 0 saturated carbocycles. The average Bonchev–Trinajstić information content (AvgIpc) is 3.12. The Hall–Kier alpha value is -2.30. The highest BCUT2D eigenvalue weighted by atomic mass is 35.5. The normalized spacial score (nSPS) is 11.5. The van der Waals surface area contributed by atoms with Crippen LogP contribution in [0.5, 0.6) is 5.75 Å². The van der Waals surface area contributed by atoms with Gasteiger partial charge in [-0.3, -0.25) is 0 Å². The standard InChI is InChI=1S/C20H19ClN2OS/c1-2-24-18-9-3-14(4-10-18)11-16(12-22)20-23-19(13-25-20)15-5-7-17(21)8-6-15/h3-10,12-13H,2,11,22H2,1H3/b16-12-. The second-order valence-electron chi connectivity index (χ2n) is 5.49. The molecule has 0 radical (unpaired) electrons. The Bertz CT molecular complexity index is 854. The van der Waals surface area contributed by atoms with E-state index in [1.165, 1.54) is 5.56 Å². The summed E-state index contributed by atoms with van der Waals surface area (Å²) in [6, 6.07) is 15.8. The van der Waals surface area contributed by atoms with Crippen molar-refractivity contribution in [2.45, 2.75) is 13.3 Å². The Morgan fingerprint density at radius 2 is 1.88 bits per heavy atom. The lowest BCUT2D eigenvalue weighted by Gasteiger charge is -2.06. The Morgan fingerprint density at radius 3 is 2.52 bits per heavy atom. The van der Waals surface area contributed by atoms with Crippen LogP contribution in [0, 0.1) is 0 Å². The summed E-state index contributed by atoms with van der Waals surface area (Å²) < 4.78 is 5.48. The molecule has 0 atom stereocenters. The number of halogens is 1. The van der Waals surface area contributed by atoms with E-state index >= 15 is 0 Å². The van der Waals surface area contributed by atoms with E-state index in [2.05, 4.69) is 12.1 Å². The number of ether oxygens (including phenoxy) is 1. The molecular weight excluding hydrogens is 352 g/mol. The molecule has 25 heavy (non-hydrogen) atoms. The highest BCUT2D eigenvalue weighted by molar-refractivity contribution is 7.11. The molecule has 3 nitrogen and oxygen atoms in total. The molecular formula is C20H19ClN2OS. The minimum atomic E-state index is 0.667. The number of nitrogens with zero attached hydrogens (tertiary/aromatic N) is 1. The average molecular weight is 371 g/mol. The van der Waals surface area contributed by atoms with E-state index in [-0.39, 0.29) is 0 Å². The molecule has 0 amide bonds. The van der Waals surface area contributed by atoms with Gasteiger partial charge in [0.05, 0.1) is 12.3 Å². The minimum Gasteiger partial charge on any atom is -0.494 e. The van der Waals surface area contributed by atoms with E-state index in [1.54, 1.807) is 17.5 Å². The lowest BCUT2D eigenvalue weighted by molar-refractivity contribution is 0.340. The number of allylic oxidation sites excluding steroid dienone is 1. The van der Waals surface area contributed by atoms with Crippen LogP contribution >= 0.6 is 22.9 Å². The Labute approximate surface area is 156 Å². The summed E-state index contributed by atoms with van der Waals surface area (Å²) in [7, 11) is 0. The van der Waals surface area contributed by atoms with E-state index in [9.17, 15) is 0 Å². The predicted octanol–water partition coefficient (Wildman–Crippen LogP) is 5.40. The molecule has 0 fully saturated rings. The maximum absolute atomic E-state index is 5.95. The van der Waals surface area contributed by atoms with Gasteiger partial charge in [-0.05, 0) is 36.8 Å². The molecule has 3 rings (SSSR count). The van der Waals surface area contributed by atoms with Crippen LogP contribution in [-0.2, 0) is 6.42 Å². The Morgan fingerprint density at radius 1 is 1.16 bits per heavy atom. The molecule has 2 aromatic carbocycles. The number of benzene rings is 2. The van der Waals surface area contributed by atoms with Crippen LogP contribution in [0.2, 0.25) is 5.02 Å². The van der Waals surface area contributed by atoms with Gasteiger partial charge in [-0.2, -0.15) is 0 Å². The van der Waals surface area contributed by atoms with Gasteiger partial charge in [0.1, 0.15) is 10.8 Å². The number of thiazole rings is 1. The first kappa shape index (κ1) is 17.5. The number of hydrogen-bond donors (Lipinski definition) is 1. The summed E-state index contributed by atoms with van der Waals surface area (Å²) in [5.74, 6) is 0.879. The van der Waals surface area contributed by atoms with E-state index in [0.717, 1.165) is 39.0 Å². The van der Waals surface area contributed by atoms with Gasteiger partial charge < -0.3 is 10.5 Å². The SMILES string of the molecule is CCOc1ccc(C/C(=C/N)c2nc(-c3ccc(Cl)cc3)cs2)cc1. The van der Waals surface area contributed by atoms with Gasteiger partial charge in [-0.25, -0.2) is 4.98 Å². The first-order valence-electron chi connectivity index (χ1n) is 8.04. The highest BCUT2D eigenvalue weighted by Gasteiger charge is 2.10. The lowest BCUT2D eigenvalue weighted by atomic mass is 10.1. The van der Waals surface area contributed by atoms with Crippen molar-refractivity contribution in [1.29, 1.82) is 0 Å². The lowest BCUT2D eigenvalue weighted by Crippen LogP contribution is -1.96. The van der Waals surface area contributed by atoms with E-state index in [4.69, 9.17) is 27.1 Å². The molecule has 0 unspecified atom stereocenters. The van der Waals surface area contributed by atoms with Crippen LogP contribution in [0.3, 0.4) is 0 Å². The Kier molecular flexibility index (Phi) is 5.74. The quantitative estimate of drug-likeness (QED) is 0.631. The number of nitrogens with two attached hydrogens (primary N) is 1. The van der Waals surface area contributed by atoms with Gasteiger partial charge in [0.2, 0.25) is 0 Å². The van der Waals surface area contributed by atoms with Crippen molar-refractivity contribution in [2.75, 3.05) is 6.61 Å². The fourth-order valence-corrected chi connectivity index (χ4v) is 3.45. The first-order chi connectivity index (χ1) is 12.2. The fraction of sp³-hybridized carbons (Fsp3) is 0.150. The van der Waals surface area contributed by atoms with Crippen molar-refractivity contribution in [3.05, 3.63) is 75.7 Å². The number of aromatic nitrogens is 1. The van der Waals surface area contributed by atoms with Crippen molar-refractivity contribution in [3.8, 4) is 17.0 Å².